The van der Waals surface area contributed by atoms with Crippen molar-refractivity contribution in [3.8, 4) is 5.75 Å². The predicted octanol–water partition coefficient (Wildman–Crippen LogP) is 2.76. The van der Waals surface area contributed by atoms with E-state index >= 15 is 0 Å². The number of aromatic nitrogens is 2. The molecule has 0 saturated carbocycles. The molecule has 1 aliphatic rings. The molecule has 3 rings (SSSR count). The van der Waals surface area contributed by atoms with E-state index in [0.29, 0.717) is 13.0 Å². The van der Waals surface area contributed by atoms with E-state index in [1.165, 1.54) is 11.1 Å². The molecule has 1 aromatic heterocycles. The molecule has 0 saturated heterocycles. The highest BCUT2D eigenvalue weighted by Gasteiger charge is 2.29. The zero-order valence-electron chi connectivity index (χ0n) is 15.1. The number of nitrogens with one attached hydrogen (secondary N) is 1. The molecule has 2 heterocycles. The number of hydrogen-bond acceptors (Lipinski definition) is 3. The third-order valence-corrected chi connectivity index (χ3v) is 4.91. The summed E-state index contributed by atoms with van der Waals surface area (Å²) in [4.78, 5) is 12.5. The largest absolute Gasteiger partial charge is 0.480 e. The van der Waals surface area contributed by atoms with E-state index < -0.39 is 6.10 Å². The Hall–Kier alpha value is -2.30. The number of aryl methyl sites for hydroxylation is 4. The van der Waals surface area contributed by atoms with E-state index in [-0.39, 0.29) is 5.91 Å². The average Bonchev–Trinajstić information content (AvgIpc) is 3.06. The number of benzene rings is 1. The van der Waals surface area contributed by atoms with Gasteiger partial charge in [0.05, 0.1) is 5.69 Å². The summed E-state index contributed by atoms with van der Waals surface area (Å²) in [5.74, 6) is 0.772. The Morgan fingerprint density at radius 3 is 2.67 bits per heavy atom. The third kappa shape index (κ3) is 2.90. The molecule has 5 nitrogen and oxygen atoms in total. The predicted molar refractivity (Wildman–Crippen MR) is 93.3 cm³/mol. The molecule has 0 unspecified atom stereocenters. The van der Waals surface area contributed by atoms with Crippen molar-refractivity contribution in [2.24, 2.45) is 0 Å². The molecule has 1 atom stereocenters. The van der Waals surface area contributed by atoms with Crippen LogP contribution in [0, 0.1) is 27.7 Å². The lowest BCUT2D eigenvalue weighted by atomic mass is 10.0. The molecular weight excluding hydrogens is 302 g/mol. The van der Waals surface area contributed by atoms with Gasteiger partial charge in [-0.15, -0.1) is 0 Å². The van der Waals surface area contributed by atoms with Gasteiger partial charge in [-0.25, -0.2) is 0 Å². The van der Waals surface area contributed by atoms with Gasteiger partial charge in [0.15, 0.2) is 6.10 Å². The van der Waals surface area contributed by atoms with Crippen LogP contribution in [0.2, 0.25) is 0 Å². The minimum Gasteiger partial charge on any atom is -0.480 e. The second kappa shape index (κ2) is 6.30. The maximum atomic E-state index is 12.5. The number of amides is 1. The number of hydrogen-bond donors (Lipinski definition) is 1. The van der Waals surface area contributed by atoms with Gasteiger partial charge in [0.2, 0.25) is 0 Å². The molecule has 2 aromatic rings. The zero-order valence-corrected chi connectivity index (χ0v) is 15.1. The summed E-state index contributed by atoms with van der Waals surface area (Å²) >= 11 is 0. The Kier molecular flexibility index (Phi) is 4.35. The van der Waals surface area contributed by atoms with Crippen LogP contribution in [-0.2, 0) is 24.3 Å². The Balaban J connectivity index is 1.66. The first-order valence-electron chi connectivity index (χ1n) is 8.48. The highest BCUT2D eigenvalue weighted by Crippen LogP contribution is 2.31. The maximum Gasteiger partial charge on any atom is 0.261 e. The summed E-state index contributed by atoms with van der Waals surface area (Å²) in [6, 6.07) is 4.15. The number of ether oxygens (including phenoxy) is 1. The number of carbonyl (C=O) groups excluding carboxylic acids is 1. The van der Waals surface area contributed by atoms with Crippen LogP contribution < -0.4 is 10.1 Å². The first-order valence-corrected chi connectivity index (χ1v) is 8.48. The fourth-order valence-electron chi connectivity index (χ4n) is 3.25. The molecule has 0 spiro atoms. The normalized spacial score (nSPS) is 16.0. The summed E-state index contributed by atoms with van der Waals surface area (Å²) in [7, 11) is 0. The summed E-state index contributed by atoms with van der Waals surface area (Å²) in [6.07, 6.45) is 0.192. The van der Waals surface area contributed by atoms with E-state index in [4.69, 9.17) is 4.74 Å². The molecule has 0 aliphatic carbocycles. The Labute approximate surface area is 143 Å². The van der Waals surface area contributed by atoms with Gasteiger partial charge in [0, 0.05) is 30.8 Å². The molecule has 0 fully saturated rings. The van der Waals surface area contributed by atoms with Gasteiger partial charge in [-0.2, -0.15) is 5.10 Å². The van der Waals surface area contributed by atoms with E-state index in [0.717, 1.165) is 34.8 Å². The Bertz CT molecular complexity index is 761. The van der Waals surface area contributed by atoms with Crippen molar-refractivity contribution in [2.45, 2.75) is 60.2 Å². The highest BCUT2D eigenvalue weighted by molar-refractivity contribution is 5.82. The lowest BCUT2D eigenvalue weighted by molar-refractivity contribution is -0.127. The zero-order chi connectivity index (χ0) is 17.4. The monoisotopic (exact) mass is 327 g/mol. The van der Waals surface area contributed by atoms with Crippen molar-refractivity contribution in [3.63, 3.8) is 0 Å². The molecule has 1 aliphatic heterocycles. The molecule has 5 heteroatoms. The Morgan fingerprint density at radius 2 is 2.00 bits per heavy atom. The lowest BCUT2D eigenvalue weighted by Gasteiger charge is -2.12. The van der Waals surface area contributed by atoms with Crippen LogP contribution in [0.15, 0.2) is 12.1 Å². The van der Waals surface area contributed by atoms with Crippen LogP contribution in [0.4, 0.5) is 0 Å². The molecule has 1 amide bonds. The lowest BCUT2D eigenvalue weighted by Crippen LogP contribution is -2.37. The Morgan fingerprint density at radius 1 is 1.29 bits per heavy atom. The highest BCUT2D eigenvalue weighted by atomic mass is 16.5. The summed E-state index contributed by atoms with van der Waals surface area (Å²) in [5, 5.41) is 7.50. The number of carbonyl (C=O) groups is 1. The molecule has 0 bridgehead atoms. The van der Waals surface area contributed by atoms with Crippen LogP contribution in [0.1, 0.15) is 40.6 Å². The van der Waals surface area contributed by atoms with Crippen molar-refractivity contribution in [1.29, 1.82) is 0 Å². The quantitative estimate of drug-likeness (QED) is 0.939. The van der Waals surface area contributed by atoms with Gasteiger partial charge in [0.1, 0.15) is 5.75 Å². The second-order valence-corrected chi connectivity index (χ2v) is 6.54. The van der Waals surface area contributed by atoms with Crippen LogP contribution >= 0.6 is 0 Å². The molecular formula is C19H25N3O2. The van der Waals surface area contributed by atoms with Crippen molar-refractivity contribution in [2.75, 3.05) is 0 Å². The molecule has 128 valence electrons. The van der Waals surface area contributed by atoms with Crippen molar-refractivity contribution < 1.29 is 9.53 Å². The van der Waals surface area contributed by atoms with Crippen LogP contribution in [0.25, 0.3) is 0 Å². The van der Waals surface area contributed by atoms with E-state index in [9.17, 15) is 4.79 Å². The van der Waals surface area contributed by atoms with Crippen molar-refractivity contribution in [3.05, 3.63) is 45.8 Å². The van der Waals surface area contributed by atoms with Crippen LogP contribution in [0.3, 0.4) is 0 Å². The van der Waals surface area contributed by atoms with E-state index in [1.807, 2.05) is 24.6 Å². The first-order chi connectivity index (χ1) is 11.4. The van der Waals surface area contributed by atoms with Gasteiger partial charge >= 0.3 is 0 Å². The number of rotatable bonds is 4. The number of fused-ring (bicyclic) bond motifs is 1. The molecule has 24 heavy (non-hydrogen) atoms. The van der Waals surface area contributed by atoms with Crippen LogP contribution in [0.5, 0.6) is 5.75 Å². The standard InChI is InChI=1S/C19H25N3O2/c1-6-22-14(5)16(13(4)21-22)10-20-19(23)18-9-15-7-11(2)12(3)8-17(15)24-18/h7-8,18H,6,9-10H2,1-5H3,(H,20,23)/t18-/m0/s1. The molecule has 1 N–H and O–H groups in total. The fourth-order valence-corrected chi connectivity index (χ4v) is 3.25. The van der Waals surface area contributed by atoms with Gasteiger partial charge in [-0.3, -0.25) is 9.48 Å². The number of nitrogens with zero attached hydrogens (tertiary/aromatic N) is 2. The molecule has 1 aromatic carbocycles. The minimum absolute atomic E-state index is 0.0652. The topological polar surface area (TPSA) is 56.2 Å². The van der Waals surface area contributed by atoms with E-state index in [2.05, 4.69) is 37.3 Å². The van der Waals surface area contributed by atoms with Gasteiger partial charge in [0.25, 0.3) is 5.91 Å². The molecule has 0 radical (unpaired) electrons. The summed E-state index contributed by atoms with van der Waals surface area (Å²) in [6.45, 7) is 11.6. The summed E-state index contributed by atoms with van der Waals surface area (Å²) in [5.41, 5.74) is 6.70. The smallest absolute Gasteiger partial charge is 0.261 e. The van der Waals surface area contributed by atoms with Gasteiger partial charge in [-0.1, -0.05) is 6.07 Å². The van der Waals surface area contributed by atoms with Gasteiger partial charge < -0.3 is 10.1 Å². The second-order valence-electron chi connectivity index (χ2n) is 6.54. The minimum atomic E-state index is -0.442. The maximum absolute atomic E-state index is 12.5. The van der Waals surface area contributed by atoms with Gasteiger partial charge in [-0.05, 0) is 57.4 Å². The average molecular weight is 327 g/mol. The third-order valence-electron chi connectivity index (χ3n) is 4.91. The van der Waals surface area contributed by atoms with Crippen molar-refractivity contribution in [1.82, 2.24) is 15.1 Å². The van der Waals surface area contributed by atoms with E-state index in [1.54, 1.807) is 0 Å². The SMILES string of the molecule is CCn1nc(C)c(CNC(=O)[C@@H]2Cc3cc(C)c(C)cc3O2)c1C. The summed E-state index contributed by atoms with van der Waals surface area (Å²) < 4.78 is 7.81. The fraction of sp³-hybridized carbons (Fsp3) is 0.474. The first kappa shape index (κ1) is 16.6. The van der Waals surface area contributed by atoms with Crippen molar-refractivity contribution >= 4 is 5.91 Å². The van der Waals surface area contributed by atoms with Crippen LogP contribution in [-0.4, -0.2) is 21.8 Å².